The number of nitrogens with one attached hydrogen (secondary N) is 1. The van der Waals surface area contributed by atoms with E-state index in [1.165, 1.54) is 22.7 Å². The fraction of sp³-hybridized carbons (Fsp3) is 0. The van der Waals surface area contributed by atoms with Crippen molar-refractivity contribution in [2.45, 2.75) is 0 Å². The maximum atomic E-state index is 11.0. The summed E-state index contributed by atoms with van der Waals surface area (Å²) >= 11 is 0. The Balaban J connectivity index is 2.70. The molecule has 0 aliphatic heterocycles. The summed E-state index contributed by atoms with van der Waals surface area (Å²) < 4.78 is 1.27. The van der Waals surface area contributed by atoms with E-state index in [1.807, 2.05) is 0 Å². The van der Waals surface area contributed by atoms with Gasteiger partial charge in [-0.3, -0.25) is 4.40 Å². The van der Waals surface area contributed by atoms with Gasteiger partial charge in [0, 0.05) is 6.20 Å². The topological polar surface area (TPSA) is 90.6 Å². The number of pyridine rings is 1. The van der Waals surface area contributed by atoms with Gasteiger partial charge in [-0.25, -0.2) is 9.89 Å². The van der Waals surface area contributed by atoms with Crippen molar-refractivity contribution >= 4 is 18.2 Å². The number of rotatable bonds is 1. The first kappa shape index (κ1) is 8.02. The van der Waals surface area contributed by atoms with Crippen LogP contribution in [0.5, 0.6) is 0 Å². The highest BCUT2D eigenvalue weighted by molar-refractivity contribution is 6.58. The fourth-order valence-electron chi connectivity index (χ4n) is 1.08. The summed E-state index contributed by atoms with van der Waals surface area (Å²) in [5.41, 5.74) is 0.302. The average molecular weight is 179 g/mol. The van der Waals surface area contributed by atoms with Crippen LogP contribution in [-0.2, 0) is 0 Å². The van der Waals surface area contributed by atoms with Crippen LogP contribution in [0.25, 0.3) is 5.65 Å². The van der Waals surface area contributed by atoms with Crippen molar-refractivity contribution in [2.75, 3.05) is 0 Å². The Bertz CT molecular complexity index is 489. The largest absolute Gasteiger partial charge is 0.488 e. The molecule has 66 valence electrons. The third-order valence-electron chi connectivity index (χ3n) is 1.74. The zero-order valence-corrected chi connectivity index (χ0v) is 6.51. The summed E-state index contributed by atoms with van der Waals surface area (Å²) in [4.78, 5) is 11.0. The van der Waals surface area contributed by atoms with E-state index in [0.717, 1.165) is 0 Å². The second-order valence-corrected chi connectivity index (χ2v) is 2.59. The number of hydrogen-bond donors (Lipinski definition) is 3. The molecule has 0 aliphatic carbocycles. The van der Waals surface area contributed by atoms with Gasteiger partial charge in [0.15, 0.2) is 5.65 Å². The first-order valence-corrected chi connectivity index (χ1v) is 3.61. The summed E-state index contributed by atoms with van der Waals surface area (Å²) in [6, 6.07) is 2.86. The lowest BCUT2D eigenvalue weighted by Crippen LogP contribution is -2.30. The van der Waals surface area contributed by atoms with E-state index in [9.17, 15) is 4.79 Å². The maximum Gasteiger partial charge on any atom is 0.488 e. The first-order chi connectivity index (χ1) is 6.18. The van der Waals surface area contributed by atoms with Crippen LogP contribution in [-0.4, -0.2) is 31.8 Å². The Hall–Kier alpha value is -1.60. The van der Waals surface area contributed by atoms with E-state index in [1.54, 1.807) is 0 Å². The van der Waals surface area contributed by atoms with Crippen molar-refractivity contribution in [3.63, 3.8) is 0 Å². The molecule has 0 saturated carbocycles. The van der Waals surface area contributed by atoms with Crippen molar-refractivity contribution < 1.29 is 10.0 Å². The third kappa shape index (κ3) is 1.23. The zero-order chi connectivity index (χ0) is 9.42. The van der Waals surface area contributed by atoms with Crippen LogP contribution < -0.4 is 11.2 Å². The van der Waals surface area contributed by atoms with Crippen molar-refractivity contribution in [3.8, 4) is 0 Å². The van der Waals surface area contributed by atoms with E-state index in [4.69, 9.17) is 10.0 Å². The molecule has 13 heavy (non-hydrogen) atoms. The molecule has 0 fully saturated rings. The molecule has 0 aromatic carbocycles. The number of aromatic amines is 1. The molecular formula is C6H6BN3O3. The maximum absolute atomic E-state index is 11.0. The molecule has 3 N–H and O–H groups in total. The molecule has 0 unspecified atom stereocenters. The number of hydrogen-bond acceptors (Lipinski definition) is 4. The highest BCUT2D eigenvalue weighted by atomic mass is 16.4. The lowest BCUT2D eigenvalue weighted by atomic mass is 9.81. The molecule has 0 bridgehead atoms. The molecule has 0 atom stereocenters. The second kappa shape index (κ2) is 2.72. The summed E-state index contributed by atoms with van der Waals surface area (Å²) in [6.45, 7) is 0. The van der Waals surface area contributed by atoms with E-state index >= 15 is 0 Å². The molecule has 2 aromatic rings. The molecule has 0 aliphatic rings. The average Bonchev–Trinajstić information content (AvgIpc) is 2.47. The molecule has 6 nitrogen and oxygen atoms in total. The van der Waals surface area contributed by atoms with Crippen LogP contribution in [0.4, 0.5) is 0 Å². The standard InChI is InChI=1S/C6H6BN3O3/c11-6-9-8-5-3-4(7(12)13)1-2-10(5)6/h1-3,12-13H,(H,9,11). The number of H-pyrrole nitrogens is 1. The summed E-state index contributed by atoms with van der Waals surface area (Å²) in [5.74, 6) is 0. The van der Waals surface area contributed by atoms with Gasteiger partial charge in [-0.2, -0.15) is 5.10 Å². The fourth-order valence-corrected chi connectivity index (χ4v) is 1.08. The highest BCUT2D eigenvalue weighted by Crippen LogP contribution is 1.91. The van der Waals surface area contributed by atoms with Crippen LogP contribution in [0.15, 0.2) is 23.1 Å². The molecular weight excluding hydrogens is 173 g/mol. The van der Waals surface area contributed by atoms with E-state index in [-0.39, 0.29) is 5.69 Å². The third-order valence-corrected chi connectivity index (χ3v) is 1.74. The molecule has 0 radical (unpaired) electrons. The first-order valence-electron chi connectivity index (χ1n) is 3.61. The zero-order valence-electron chi connectivity index (χ0n) is 6.51. The Morgan fingerprint density at radius 3 is 3.00 bits per heavy atom. The normalized spacial score (nSPS) is 10.6. The predicted molar refractivity (Wildman–Crippen MR) is 45.6 cm³/mol. The number of fused-ring (bicyclic) bond motifs is 1. The molecule has 0 saturated heterocycles. The smallest absolute Gasteiger partial charge is 0.423 e. The van der Waals surface area contributed by atoms with Crippen LogP contribution in [0.2, 0.25) is 0 Å². The van der Waals surface area contributed by atoms with E-state index in [0.29, 0.717) is 11.1 Å². The van der Waals surface area contributed by atoms with Gasteiger partial charge >= 0.3 is 12.8 Å². The SMILES string of the molecule is O=c1[nH]nc2cc(B(O)O)ccn12. The summed E-state index contributed by atoms with van der Waals surface area (Å²) in [6.07, 6.45) is 1.43. The molecule has 2 heterocycles. The van der Waals surface area contributed by atoms with Crippen molar-refractivity contribution in [1.82, 2.24) is 14.6 Å². The Morgan fingerprint density at radius 1 is 1.54 bits per heavy atom. The van der Waals surface area contributed by atoms with Crippen LogP contribution in [0.1, 0.15) is 0 Å². The van der Waals surface area contributed by atoms with Crippen molar-refractivity contribution in [2.24, 2.45) is 0 Å². The van der Waals surface area contributed by atoms with Gasteiger partial charge in [-0.1, -0.05) is 0 Å². The van der Waals surface area contributed by atoms with Gasteiger partial charge in [-0.15, -0.1) is 0 Å². The van der Waals surface area contributed by atoms with Gasteiger partial charge in [0.05, 0.1) is 0 Å². The van der Waals surface area contributed by atoms with Crippen LogP contribution >= 0.6 is 0 Å². The van der Waals surface area contributed by atoms with Crippen molar-refractivity contribution in [3.05, 3.63) is 28.8 Å². The van der Waals surface area contributed by atoms with Gasteiger partial charge in [0.1, 0.15) is 0 Å². The highest BCUT2D eigenvalue weighted by Gasteiger charge is 2.11. The summed E-state index contributed by atoms with van der Waals surface area (Å²) in [7, 11) is -1.54. The monoisotopic (exact) mass is 179 g/mol. The lowest BCUT2D eigenvalue weighted by Gasteiger charge is -1.97. The van der Waals surface area contributed by atoms with Gasteiger partial charge in [0.2, 0.25) is 0 Å². The Labute approximate surface area is 72.6 Å². The number of nitrogens with zero attached hydrogens (tertiary/aromatic N) is 2. The summed E-state index contributed by atoms with van der Waals surface area (Å²) in [5, 5.41) is 23.5. The predicted octanol–water partition coefficient (Wildman–Crippen LogP) is -2.30. The minimum atomic E-state index is -1.54. The van der Waals surface area contributed by atoms with Crippen LogP contribution in [0.3, 0.4) is 0 Å². The molecule has 0 amide bonds. The quantitative estimate of drug-likeness (QED) is 0.429. The van der Waals surface area contributed by atoms with Gasteiger partial charge in [-0.05, 0) is 17.6 Å². The van der Waals surface area contributed by atoms with Crippen molar-refractivity contribution in [1.29, 1.82) is 0 Å². The lowest BCUT2D eigenvalue weighted by molar-refractivity contribution is 0.426. The minimum absolute atomic E-state index is 0.298. The molecule has 7 heteroatoms. The molecule has 2 rings (SSSR count). The van der Waals surface area contributed by atoms with Gasteiger partial charge in [0.25, 0.3) is 0 Å². The molecule has 2 aromatic heterocycles. The van der Waals surface area contributed by atoms with Gasteiger partial charge < -0.3 is 10.0 Å². The van der Waals surface area contributed by atoms with Crippen LogP contribution in [0, 0.1) is 0 Å². The van der Waals surface area contributed by atoms with E-state index < -0.39 is 7.12 Å². The molecule has 0 spiro atoms. The van der Waals surface area contributed by atoms with E-state index in [2.05, 4.69) is 10.2 Å². The Kier molecular flexibility index (Phi) is 1.68. The minimum Gasteiger partial charge on any atom is -0.423 e. The Morgan fingerprint density at radius 2 is 2.31 bits per heavy atom. The number of aromatic nitrogens is 3. The second-order valence-electron chi connectivity index (χ2n) is 2.59.